The van der Waals surface area contributed by atoms with Gasteiger partial charge in [0.25, 0.3) is 0 Å². The molecule has 0 aliphatic rings. The Morgan fingerprint density at radius 3 is 2.46 bits per heavy atom. The fourth-order valence-corrected chi connectivity index (χ4v) is 3.29. The highest BCUT2D eigenvalue weighted by Crippen LogP contribution is 2.41. The van der Waals surface area contributed by atoms with Gasteiger partial charge in [-0.25, -0.2) is 0 Å². The van der Waals surface area contributed by atoms with Crippen molar-refractivity contribution in [3.05, 3.63) is 50.4 Å². The van der Waals surface area contributed by atoms with Crippen LogP contribution in [0.2, 0.25) is 0 Å². The van der Waals surface area contributed by atoms with Crippen LogP contribution >= 0.6 is 44.1 Å². The summed E-state index contributed by atoms with van der Waals surface area (Å²) in [5.41, 5.74) is 2.62. The number of alkyl halides is 3. The first kappa shape index (κ1) is 22.4. The third-order valence-corrected chi connectivity index (χ3v) is 5.73. The van der Waals surface area contributed by atoms with E-state index >= 15 is 0 Å². The minimum absolute atomic E-state index is 0.0336. The second kappa shape index (κ2) is 9.57. The third kappa shape index (κ3) is 5.58. The Bertz CT molecular complexity index is 908. The topological polar surface area (TPSA) is 54.9 Å². The van der Waals surface area contributed by atoms with E-state index in [1.165, 1.54) is 32.6 Å². The van der Waals surface area contributed by atoms with Gasteiger partial charge >= 0.3 is 6.18 Å². The van der Waals surface area contributed by atoms with Gasteiger partial charge < -0.3 is 14.8 Å². The summed E-state index contributed by atoms with van der Waals surface area (Å²) in [4.78, 5) is 0. The summed E-state index contributed by atoms with van der Waals surface area (Å²) < 4.78 is 50.1. The summed E-state index contributed by atoms with van der Waals surface area (Å²) in [5.74, 6) is 1.00. The first-order valence-corrected chi connectivity index (χ1v) is 9.54. The molecule has 2 aromatic rings. The molecule has 0 saturated carbocycles. The Labute approximate surface area is 181 Å². The molecule has 0 fully saturated rings. The Morgan fingerprint density at radius 1 is 1.14 bits per heavy atom. The molecule has 0 aliphatic heterocycles. The van der Waals surface area contributed by atoms with E-state index in [-0.39, 0.29) is 10.8 Å². The Kier molecular flexibility index (Phi) is 7.67. The van der Waals surface area contributed by atoms with Crippen LogP contribution in [-0.2, 0) is 6.18 Å². The number of halogens is 5. The fraction of sp³-hybridized carbons (Fsp3) is 0.176. The number of benzene rings is 2. The minimum atomic E-state index is -4.43. The van der Waals surface area contributed by atoms with E-state index in [4.69, 9.17) is 21.7 Å². The molecule has 2 N–H and O–H groups in total. The van der Waals surface area contributed by atoms with Gasteiger partial charge in [0.2, 0.25) is 0 Å². The van der Waals surface area contributed by atoms with Crippen molar-refractivity contribution < 1.29 is 22.6 Å². The van der Waals surface area contributed by atoms with Crippen molar-refractivity contribution in [2.75, 3.05) is 19.5 Å². The first-order chi connectivity index (χ1) is 13.2. The van der Waals surface area contributed by atoms with Crippen LogP contribution in [0.5, 0.6) is 11.5 Å². The normalized spacial score (nSPS) is 11.4. The molecule has 11 heteroatoms. The van der Waals surface area contributed by atoms with Crippen LogP contribution in [0.1, 0.15) is 11.1 Å². The van der Waals surface area contributed by atoms with Crippen molar-refractivity contribution in [3.8, 4) is 11.5 Å². The zero-order valence-corrected chi connectivity index (χ0v) is 18.5. The fourth-order valence-electron chi connectivity index (χ4n) is 2.13. The van der Waals surface area contributed by atoms with Gasteiger partial charge in [-0.1, -0.05) is 6.07 Å². The lowest BCUT2D eigenvalue weighted by Crippen LogP contribution is -2.24. The van der Waals surface area contributed by atoms with E-state index < -0.39 is 11.7 Å². The van der Waals surface area contributed by atoms with Gasteiger partial charge in [0.15, 0.2) is 16.6 Å². The molecule has 0 saturated heterocycles. The van der Waals surface area contributed by atoms with E-state index in [1.54, 1.807) is 6.07 Å². The van der Waals surface area contributed by atoms with Crippen LogP contribution in [0.3, 0.4) is 0 Å². The minimum Gasteiger partial charge on any atom is -0.493 e. The SMILES string of the molecule is COc1cc(/C=N/NC(=S)Nc2cccc(C(F)(F)F)c2)c(Br)c(Br)c1OC. The van der Waals surface area contributed by atoms with Crippen molar-refractivity contribution in [2.24, 2.45) is 5.10 Å². The summed E-state index contributed by atoms with van der Waals surface area (Å²) in [5, 5.41) is 6.68. The van der Waals surface area contributed by atoms with Crippen molar-refractivity contribution in [1.29, 1.82) is 0 Å². The molecule has 0 unspecified atom stereocenters. The second-order valence-corrected chi connectivity index (χ2v) is 7.23. The number of nitrogens with one attached hydrogen (secondary N) is 2. The van der Waals surface area contributed by atoms with Gasteiger partial charge in [-0.3, -0.25) is 5.43 Å². The molecule has 0 atom stereocenters. The van der Waals surface area contributed by atoms with Crippen molar-refractivity contribution in [2.45, 2.75) is 6.18 Å². The van der Waals surface area contributed by atoms with Crippen LogP contribution in [0, 0.1) is 0 Å². The van der Waals surface area contributed by atoms with Gasteiger partial charge in [0, 0.05) is 15.7 Å². The maximum absolute atomic E-state index is 12.8. The standard InChI is InChI=1S/C17H14Br2F3N3O2S/c1-26-12-6-9(13(18)14(19)15(12)27-2)8-23-25-16(28)24-11-5-3-4-10(7-11)17(20,21)22/h3-8H,1-2H3,(H2,24,25,28)/b23-8+. The third-order valence-electron chi connectivity index (χ3n) is 3.40. The highest BCUT2D eigenvalue weighted by Gasteiger charge is 2.30. The van der Waals surface area contributed by atoms with Crippen molar-refractivity contribution >= 4 is 61.1 Å². The molecule has 2 rings (SSSR count). The summed E-state index contributed by atoms with van der Waals surface area (Å²) in [6.07, 6.45) is -2.96. The molecular formula is C17H14Br2F3N3O2S. The second-order valence-electron chi connectivity index (χ2n) is 5.23. The maximum atomic E-state index is 12.8. The number of hydrogen-bond donors (Lipinski definition) is 2. The van der Waals surface area contributed by atoms with Gasteiger partial charge in [-0.15, -0.1) is 0 Å². The molecular weight excluding hydrogens is 527 g/mol. The number of rotatable bonds is 5. The molecule has 28 heavy (non-hydrogen) atoms. The lowest BCUT2D eigenvalue weighted by Gasteiger charge is -2.13. The quantitative estimate of drug-likeness (QED) is 0.295. The average Bonchev–Trinajstić information content (AvgIpc) is 2.64. The number of methoxy groups -OCH3 is 2. The first-order valence-electron chi connectivity index (χ1n) is 7.54. The Hall–Kier alpha value is -1.85. The van der Waals surface area contributed by atoms with E-state index in [1.807, 2.05) is 0 Å². The summed E-state index contributed by atoms with van der Waals surface area (Å²) in [6.45, 7) is 0. The zero-order chi connectivity index (χ0) is 20.9. The lowest BCUT2D eigenvalue weighted by molar-refractivity contribution is -0.137. The number of ether oxygens (including phenoxy) is 2. The molecule has 0 aliphatic carbocycles. The van der Waals surface area contributed by atoms with Gasteiger partial charge in [0.1, 0.15) is 0 Å². The average molecular weight is 541 g/mol. The van der Waals surface area contributed by atoms with Gasteiger partial charge in [-0.05, 0) is 68.3 Å². The zero-order valence-electron chi connectivity index (χ0n) is 14.5. The van der Waals surface area contributed by atoms with E-state index in [9.17, 15) is 13.2 Å². The Balaban J connectivity index is 2.09. The number of hydrogen-bond acceptors (Lipinski definition) is 4. The van der Waals surface area contributed by atoms with Crippen LogP contribution in [0.25, 0.3) is 0 Å². The lowest BCUT2D eigenvalue weighted by atomic mass is 10.2. The number of hydrazone groups is 1. The van der Waals surface area contributed by atoms with Crippen molar-refractivity contribution in [3.63, 3.8) is 0 Å². The highest BCUT2D eigenvalue weighted by molar-refractivity contribution is 9.13. The molecule has 0 spiro atoms. The predicted molar refractivity (Wildman–Crippen MR) is 113 cm³/mol. The predicted octanol–water partition coefficient (Wildman–Crippen LogP) is 5.57. The van der Waals surface area contributed by atoms with E-state index in [0.29, 0.717) is 26.0 Å². The largest absolute Gasteiger partial charge is 0.493 e. The molecule has 2 aromatic carbocycles. The number of anilines is 1. The van der Waals surface area contributed by atoms with E-state index in [0.717, 1.165) is 12.1 Å². The maximum Gasteiger partial charge on any atom is 0.416 e. The van der Waals surface area contributed by atoms with Crippen molar-refractivity contribution in [1.82, 2.24) is 5.43 Å². The Morgan fingerprint density at radius 2 is 1.86 bits per heavy atom. The van der Waals surface area contributed by atoms with Gasteiger partial charge in [-0.2, -0.15) is 18.3 Å². The highest BCUT2D eigenvalue weighted by atomic mass is 79.9. The molecule has 5 nitrogen and oxygen atoms in total. The monoisotopic (exact) mass is 539 g/mol. The van der Waals surface area contributed by atoms with Crippen LogP contribution in [-0.4, -0.2) is 25.5 Å². The van der Waals surface area contributed by atoms with E-state index in [2.05, 4.69) is 47.7 Å². The number of nitrogens with zero attached hydrogens (tertiary/aromatic N) is 1. The molecule has 0 amide bonds. The van der Waals surface area contributed by atoms with Gasteiger partial charge in [0.05, 0.1) is 30.5 Å². The summed E-state index contributed by atoms with van der Waals surface area (Å²) in [6, 6.07) is 6.39. The summed E-state index contributed by atoms with van der Waals surface area (Å²) in [7, 11) is 3.02. The van der Waals surface area contributed by atoms with Crippen LogP contribution in [0.15, 0.2) is 44.4 Å². The molecule has 150 valence electrons. The molecule has 0 aromatic heterocycles. The smallest absolute Gasteiger partial charge is 0.416 e. The van der Waals surface area contributed by atoms with Crippen LogP contribution < -0.4 is 20.2 Å². The summed E-state index contributed by atoms with van der Waals surface area (Å²) >= 11 is 11.9. The molecule has 0 bridgehead atoms. The molecule has 0 radical (unpaired) electrons. The molecule has 0 heterocycles. The van der Waals surface area contributed by atoms with Crippen LogP contribution in [0.4, 0.5) is 18.9 Å². The number of thiocarbonyl (C=S) groups is 1.